The van der Waals surface area contributed by atoms with E-state index in [-0.39, 0.29) is 6.04 Å². The Morgan fingerprint density at radius 3 is 2.90 bits per heavy atom. The first-order valence-electron chi connectivity index (χ1n) is 7.08. The predicted molar refractivity (Wildman–Crippen MR) is 80.4 cm³/mol. The largest absolute Gasteiger partial charge is 0.508 e. The van der Waals surface area contributed by atoms with Crippen molar-refractivity contribution >= 4 is 5.69 Å². The van der Waals surface area contributed by atoms with Crippen LogP contribution >= 0.6 is 0 Å². The van der Waals surface area contributed by atoms with Crippen molar-refractivity contribution in [2.75, 3.05) is 11.9 Å². The minimum absolute atomic E-state index is 0.235. The average molecular weight is 269 g/mol. The molecule has 0 aliphatic heterocycles. The van der Waals surface area contributed by atoms with Crippen LogP contribution in [0.1, 0.15) is 30.5 Å². The summed E-state index contributed by atoms with van der Waals surface area (Å²) in [4.78, 5) is 0. The van der Waals surface area contributed by atoms with E-state index in [1.54, 1.807) is 6.07 Å². The molecule has 0 heterocycles. The van der Waals surface area contributed by atoms with Gasteiger partial charge in [-0.05, 0) is 49.1 Å². The average Bonchev–Trinajstić information content (AvgIpc) is 2.86. The summed E-state index contributed by atoms with van der Waals surface area (Å²) < 4.78 is 5.65. The number of aromatic hydroxyl groups is 1. The fraction of sp³-hybridized carbons (Fsp3) is 0.294. The number of nitrogens with one attached hydrogen (secondary N) is 1. The van der Waals surface area contributed by atoms with Crippen LogP contribution in [0.2, 0.25) is 0 Å². The molecule has 0 spiro atoms. The van der Waals surface area contributed by atoms with Gasteiger partial charge in [-0.3, -0.25) is 0 Å². The van der Waals surface area contributed by atoms with Crippen LogP contribution < -0.4 is 10.1 Å². The monoisotopic (exact) mass is 269 g/mol. The highest BCUT2D eigenvalue weighted by molar-refractivity contribution is 5.59. The number of ether oxygens (including phenoxy) is 1. The zero-order valence-electron chi connectivity index (χ0n) is 11.6. The number of anilines is 1. The van der Waals surface area contributed by atoms with Crippen LogP contribution in [0.15, 0.2) is 42.5 Å². The lowest BCUT2D eigenvalue weighted by atomic mass is 10.1. The number of hydrogen-bond donors (Lipinski definition) is 2. The molecule has 0 amide bonds. The SMILES string of the molecule is CCOc1ccccc1NC1CCc2c(O)cccc21. The van der Waals surface area contributed by atoms with E-state index in [2.05, 4.69) is 11.4 Å². The van der Waals surface area contributed by atoms with Crippen LogP contribution in [0.3, 0.4) is 0 Å². The number of hydrogen-bond acceptors (Lipinski definition) is 3. The van der Waals surface area contributed by atoms with Crippen molar-refractivity contribution < 1.29 is 9.84 Å². The molecule has 2 aromatic rings. The molecule has 2 aromatic carbocycles. The number of rotatable bonds is 4. The molecular weight excluding hydrogens is 250 g/mol. The third-order valence-electron chi connectivity index (χ3n) is 3.76. The summed E-state index contributed by atoms with van der Waals surface area (Å²) in [5.41, 5.74) is 3.27. The van der Waals surface area contributed by atoms with Gasteiger partial charge in [-0.2, -0.15) is 0 Å². The van der Waals surface area contributed by atoms with Gasteiger partial charge in [0.2, 0.25) is 0 Å². The van der Waals surface area contributed by atoms with Crippen LogP contribution in [-0.4, -0.2) is 11.7 Å². The van der Waals surface area contributed by atoms with Crippen molar-refractivity contribution in [3.05, 3.63) is 53.6 Å². The van der Waals surface area contributed by atoms with Crippen molar-refractivity contribution in [2.24, 2.45) is 0 Å². The Labute approximate surface area is 119 Å². The van der Waals surface area contributed by atoms with Gasteiger partial charge >= 0.3 is 0 Å². The summed E-state index contributed by atoms with van der Waals surface area (Å²) in [5, 5.41) is 13.4. The molecule has 104 valence electrons. The molecule has 0 bridgehead atoms. The van der Waals surface area contributed by atoms with E-state index in [0.29, 0.717) is 12.4 Å². The number of phenolic OH excluding ortho intramolecular Hbond substituents is 1. The Bertz CT molecular complexity index is 610. The van der Waals surface area contributed by atoms with Crippen LogP contribution in [-0.2, 0) is 6.42 Å². The molecule has 2 N–H and O–H groups in total. The van der Waals surface area contributed by atoms with Gasteiger partial charge in [-0.1, -0.05) is 24.3 Å². The molecule has 3 nitrogen and oxygen atoms in total. The lowest BCUT2D eigenvalue weighted by molar-refractivity contribution is 0.341. The summed E-state index contributed by atoms with van der Waals surface area (Å²) in [6.07, 6.45) is 1.91. The molecular formula is C17H19NO2. The van der Waals surface area contributed by atoms with Crippen molar-refractivity contribution in [3.63, 3.8) is 0 Å². The summed E-state index contributed by atoms with van der Waals surface area (Å²) in [6.45, 7) is 2.64. The van der Waals surface area contributed by atoms with Gasteiger partial charge in [0.05, 0.1) is 18.3 Å². The van der Waals surface area contributed by atoms with E-state index in [0.717, 1.165) is 29.8 Å². The van der Waals surface area contributed by atoms with Crippen LogP contribution in [0.4, 0.5) is 5.69 Å². The number of fused-ring (bicyclic) bond motifs is 1. The minimum atomic E-state index is 0.235. The second kappa shape index (κ2) is 5.45. The van der Waals surface area contributed by atoms with E-state index in [1.807, 2.05) is 37.3 Å². The zero-order chi connectivity index (χ0) is 13.9. The van der Waals surface area contributed by atoms with E-state index < -0.39 is 0 Å². The summed E-state index contributed by atoms with van der Waals surface area (Å²) >= 11 is 0. The molecule has 0 saturated carbocycles. The number of benzene rings is 2. The molecule has 1 aliphatic rings. The van der Waals surface area contributed by atoms with Crippen LogP contribution in [0, 0.1) is 0 Å². The first kappa shape index (κ1) is 12.9. The summed E-state index contributed by atoms with van der Waals surface area (Å²) in [5.74, 6) is 1.29. The topological polar surface area (TPSA) is 41.5 Å². The smallest absolute Gasteiger partial charge is 0.142 e. The Kier molecular flexibility index (Phi) is 3.50. The Balaban J connectivity index is 1.86. The van der Waals surface area contributed by atoms with Gasteiger partial charge < -0.3 is 15.2 Å². The highest BCUT2D eigenvalue weighted by Gasteiger charge is 2.25. The molecule has 1 unspecified atom stereocenters. The van der Waals surface area contributed by atoms with Crippen molar-refractivity contribution in [3.8, 4) is 11.5 Å². The van der Waals surface area contributed by atoms with Gasteiger partial charge in [-0.25, -0.2) is 0 Å². The summed E-state index contributed by atoms with van der Waals surface area (Å²) in [7, 11) is 0. The molecule has 20 heavy (non-hydrogen) atoms. The minimum Gasteiger partial charge on any atom is -0.508 e. The lowest BCUT2D eigenvalue weighted by Gasteiger charge is -2.18. The third-order valence-corrected chi connectivity index (χ3v) is 3.76. The Morgan fingerprint density at radius 1 is 1.20 bits per heavy atom. The normalized spacial score (nSPS) is 16.8. The Hall–Kier alpha value is -2.16. The summed E-state index contributed by atoms with van der Waals surface area (Å²) in [6, 6.07) is 14.0. The fourth-order valence-electron chi connectivity index (χ4n) is 2.84. The van der Waals surface area contributed by atoms with E-state index >= 15 is 0 Å². The molecule has 3 rings (SSSR count). The first-order chi connectivity index (χ1) is 9.79. The highest BCUT2D eigenvalue weighted by atomic mass is 16.5. The van der Waals surface area contributed by atoms with Crippen molar-refractivity contribution in [1.29, 1.82) is 0 Å². The predicted octanol–water partition coefficient (Wildman–Crippen LogP) is 3.89. The Morgan fingerprint density at radius 2 is 2.05 bits per heavy atom. The molecule has 0 aromatic heterocycles. The van der Waals surface area contributed by atoms with Crippen molar-refractivity contribution in [1.82, 2.24) is 0 Å². The second-order valence-electron chi connectivity index (χ2n) is 5.01. The molecule has 0 radical (unpaired) electrons. The van der Waals surface area contributed by atoms with Crippen LogP contribution in [0.25, 0.3) is 0 Å². The van der Waals surface area contributed by atoms with E-state index in [1.165, 1.54) is 5.56 Å². The quantitative estimate of drug-likeness (QED) is 0.884. The van der Waals surface area contributed by atoms with Crippen molar-refractivity contribution in [2.45, 2.75) is 25.8 Å². The number of para-hydroxylation sites is 2. The van der Waals surface area contributed by atoms with Gasteiger partial charge in [0.25, 0.3) is 0 Å². The maximum atomic E-state index is 9.90. The lowest BCUT2D eigenvalue weighted by Crippen LogP contribution is -2.08. The molecule has 0 fully saturated rings. The van der Waals surface area contributed by atoms with E-state index in [4.69, 9.17) is 4.74 Å². The molecule has 0 saturated heterocycles. The third kappa shape index (κ3) is 2.31. The molecule has 1 atom stereocenters. The fourth-order valence-corrected chi connectivity index (χ4v) is 2.84. The molecule has 3 heteroatoms. The highest BCUT2D eigenvalue weighted by Crippen LogP contribution is 2.39. The van der Waals surface area contributed by atoms with E-state index in [9.17, 15) is 5.11 Å². The van der Waals surface area contributed by atoms with Gasteiger partial charge in [0.1, 0.15) is 11.5 Å². The van der Waals surface area contributed by atoms with Crippen LogP contribution in [0.5, 0.6) is 11.5 Å². The number of phenols is 1. The first-order valence-corrected chi connectivity index (χ1v) is 7.08. The second-order valence-corrected chi connectivity index (χ2v) is 5.01. The zero-order valence-corrected chi connectivity index (χ0v) is 11.6. The van der Waals surface area contributed by atoms with Gasteiger partial charge in [0, 0.05) is 0 Å². The van der Waals surface area contributed by atoms with Gasteiger partial charge in [-0.15, -0.1) is 0 Å². The standard InChI is InChI=1S/C17H19NO2/c1-2-20-17-9-4-3-7-15(17)18-14-11-10-13-12(14)6-5-8-16(13)19/h3-9,14,18-19H,2,10-11H2,1H3. The van der Waals surface area contributed by atoms with Gasteiger partial charge in [0.15, 0.2) is 0 Å². The molecule has 1 aliphatic carbocycles. The maximum absolute atomic E-state index is 9.90. The maximum Gasteiger partial charge on any atom is 0.142 e.